The van der Waals surface area contributed by atoms with Gasteiger partial charge in [-0.3, -0.25) is 0 Å². The number of guanidine groups is 1. The maximum Gasteiger partial charge on any atom is 0.490 e. The molecule has 10 heteroatoms. The summed E-state index contributed by atoms with van der Waals surface area (Å²) in [6.07, 6.45) is -5.08. The number of carboxylic acid groups (broad SMARTS) is 2. The van der Waals surface area contributed by atoms with Crippen molar-refractivity contribution in [1.29, 1.82) is 0 Å². The van der Waals surface area contributed by atoms with E-state index in [1.54, 1.807) is 12.1 Å². The Hall–Kier alpha value is -2.78. The van der Waals surface area contributed by atoms with Gasteiger partial charge in [0.25, 0.3) is 0 Å². The third-order valence-corrected chi connectivity index (χ3v) is 1.86. The number of aliphatic imine (C=N–C) groups is 1. The summed E-state index contributed by atoms with van der Waals surface area (Å²) in [6, 6.07) is 6.47. The number of aliphatic carboxylic acids is 1. The lowest BCUT2D eigenvalue weighted by Gasteiger charge is -1.99. The van der Waals surface area contributed by atoms with E-state index < -0.39 is 18.1 Å². The molecule has 0 unspecified atom stereocenters. The van der Waals surface area contributed by atoms with Gasteiger partial charge < -0.3 is 21.7 Å². The number of rotatable bonds is 3. The highest BCUT2D eigenvalue weighted by molar-refractivity contribution is 5.87. The molecule has 21 heavy (non-hydrogen) atoms. The number of nitrogens with two attached hydrogens (primary N) is 2. The fraction of sp³-hybridized carbons (Fsp3) is 0.182. The highest BCUT2D eigenvalue weighted by Crippen LogP contribution is 2.13. The van der Waals surface area contributed by atoms with Crippen molar-refractivity contribution in [3.8, 4) is 0 Å². The number of alkyl halides is 3. The molecule has 116 valence electrons. The van der Waals surface area contributed by atoms with E-state index in [-0.39, 0.29) is 11.5 Å². The Labute approximate surface area is 116 Å². The second-order valence-electron chi connectivity index (χ2n) is 3.55. The van der Waals surface area contributed by atoms with Crippen molar-refractivity contribution in [2.45, 2.75) is 12.7 Å². The number of carboxylic acids is 2. The van der Waals surface area contributed by atoms with Crippen LogP contribution in [-0.2, 0) is 11.3 Å². The summed E-state index contributed by atoms with van der Waals surface area (Å²) in [4.78, 5) is 23.3. The van der Waals surface area contributed by atoms with E-state index in [9.17, 15) is 18.0 Å². The van der Waals surface area contributed by atoms with E-state index in [4.69, 9.17) is 26.5 Å². The third-order valence-electron chi connectivity index (χ3n) is 1.86. The number of nitrogens with zero attached hydrogens (tertiary/aromatic N) is 1. The first kappa shape index (κ1) is 18.2. The predicted octanol–water partition coefficient (Wildman–Crippen LogP) is 0.791. The Morgan fingerprint density at radius 3 is 2.10 bits per heavy atom. The molecule has 6 N–H and O–H groups in total. The van der Waals surface area contributed by atoms with Crippen molar-refractivity contribution in [3.63, 3.8) is 0 Å². The van der Waals surface area contributed by atoms with Crippen LogP contribution in [-0.4, -0.2) is 34.3 Å². The van der Waals surface area contributed by atoms with E-state index in [1.807, 2.05) is 0 Å². The van der Waals surface area contributed by atoms with Gasteiger partial charge in [0.05, 0.1) is 12.1 Å². The van der Waals surface area contributed by atoms with Crippen LogP contribution in [0.5, 0.6) is 0 Å². The smallest absolute Gasteiger partial charge is 0.478 e. The van der Waals surface area contributed by atoms with Crippen molar-refractivity contribution >= 4 is 17.9 Å². The minimum Gasteiger partial charge on any atom is -0.478 e. The summed E-state index contributed by atoms with van der Waals surface area (Å²) in [6.45, 7) is 0.295. The summed E-state index contributed by atoms with van der Waals surface area (Å²) in [5.41, 5.74) is 11.3. The molecule has 0 heterocycles. The Balaban J connectivity index is 0.000000486. The Morgan fingerprint density at radius 1 is 1.19 bits per heavy atom. The molecule has 7 nitrogen and oxygen atoms in total. The molecule has 0 amide bonds. The lowest BCUT2D eigenvalue weighted by Crippen LogP contribution is -2.22. The van der Waals surface area contributed by atoms with Crippen molar-refractivity contribution < 1.29 is 33.0 Å². The predicted molar refractivity (Wildman–Crippen MR) is 66.6 cm³/mol. The zero-order valence-corrected chi connectivity index (χ0v) is 10.5. The second kappa shape index (κ2) is 7.72. The van der Waals surface area contributed by atoms with Crippen LogP contribution in [0.25, 0.3) is 0 Å². The molecule has 0 saturated carbocycles. The summed E-state index contributed by atoms with van der Waals surface area (Å²) in [5, 5.41) is 15.8. The molecular formula is C11H12F3N3O4. The van der Waals surface area contributed by atoms with Crippen molar-refractivity contribution in [3.05, 3.63) is 35.4 Å². The third kappa shape index (κ3) is 8.08. The lowest BCUT2D eigenvalue weighted by molar-refractivity contribution is -0.192. The van der Waals surface area contributed by atoms with Crippen LogP contribution >= 0.6 is 0 Å². The first-order valence-corrected chi connectivity index (χ1v) is 5.21. The first-order valence-electron chi connectivity index (χ1n) is 5.21. The van der Waals surface area contributed by atoms with Crippen LogP contribution in [0.4, 0.5) is 13.2 Å². The number of aromatic carboxylic acids is 1. The van der Waals surface area contributed by atoms with E-state index >= 15 is 0 Å². The SMILES string of the molecule is NC(N)=NCc1cccc(C(=O)O)c1.O=C(O)C(F)(F)F. The number of hydrogen-bond donors (Lipinski definition) is 4. The van der Waals surface area contributed by atoms with E-state index in [2.05, 4.69) is 4.99 Å². The average molecular weight is 307 g/mol. The summed E-state index contributed by atoms with van der Waals surface area (Å²) in [5.74, 6) is -3.73. The minimum absolute atomic E-state index is 0.00859. The van der Waals surface area contributed by atoms with Gasteiger partial charge in [-0.25, -0.2) is 14.6 Å². The monoisotopic (exact) mass is 307 g/mol. The Kier molecular flexibility index (Phi) is 6.70. The number of carbonyl (C=O) groups is 2. The van der Waals surface area contributed by atoms with Gasteiger partial charge in [0.1, 0.15) is 0 Å². The number of benzene rings is 1. The summed E-state index contributed by atoms with van der Waals surface area (Å²) < 4.78 is 31.7. The molecule has 1 rings (SSSR count). The Morgan fingerprint density at radius 2 is 1.71 bits per heavy atom. The topological polar surface area (TPSA) is 139 Å². The van der Waals surface area contributed by atoms with Gasteiger partial charge in [0.2, 0.25) is 0 Å². The minimum atomic E-state index is -5.08. The molecule has 0 spiro atoms. The zero-order chi connectivity index (χ0) is 16.6. The van der Waals surface area contributed by atoms with Crippen LogP contribution < -0.4 is 11.5 Å². The molecule has 0 radical (unpaired) electrons. The van der Waals surface area contributed by atoms with Crippen LogP contribution in [0.3, 0.4) is 0 Å². The first-order chi connectivity index (χ1) is 9.54. The molecule has 1 aromatic rings. The fourth-order valence-electron chi connectivity index (χ4n) is 0.985. The molecule has 0 fully saturated rings. The average Bonchev–Trinajstić information content (AvgIpc) is 2.36. The Bertz CT molecular complexity index is 540. The molecule has 0 atom stereocenters. The molecule has 0 aliphatic heterocycles. The quantitative estimate of drug-likeness (QED) is 0.481. The van der Waals surface area contributed by atoms with Gasteiger partial charge >= 0.3 is 18.1 Å². The van der Waals surface area contributed by atoms with Crippen LogP contribution in [0.2, 0.25) is 0 Å². The van der Waals surface area contributed by atoms with E-state index in [0.717, 1.165) is 5.56 Å². The standard InChI is InChI=1S/C9H11N3O2.C2HF3O2/c10-9(11)12-5-6-2-1-3-7(4-6)8(13)14;3-2(4,5)1(6)7/h1-4H,5H2,(H,13,14)(H4,10,11,12);(H,6,7). The maximum absolute atomic E-state index is 10.6. The van der Waals surface area contributed by atoms with E-state index in [0.29, 0.717) is 6.54 Å². The fourth-order valence-corrected chi connectivity index (χ4v) is 0.985. The highest BCUT2D eigenvalue weighted by atomic mass is 19.4. The zero-order valence-electron chi connectivity index (χ0n) is 10.5. The summed E-state index contributed by atoms with van der Waals surface area (Å²) >= 11 is 0. The number of hydrogen-bond acceptors (Lipinski definition) is 3. The molecule has 1 aromatic carbocycles. The molecule has 0 aromatic heterocycles. The van der Waals surface area contributed by atoms with Crippen LogP contribution in [0.1, 0.15) is 15.9 Å². The molecule has 0 aliphatic carbocycles. The van der Waals surface area contributed by atoms with Crippen LogP contribution in [0, 0.1) is 0 Å². The molecule has 0 aliphatic rings. The van der Waals surface area contributed by atoms with Gasteiger partial charge in [-0.2, -0.15) is 13.2 Å². The number of halogens is 3. The second-order valence-corrected chi connectivity index (χ2v) is 3.55. The van der Waals surface area contributed by atoms with Crippen molar-refractivity contribution in [2.75, 3.05) is 0 Å². The van der Waals surface area contributed by atoms with Gasteiger partial charge in [-0.15, -0.1) is 0 Å². The molecular weight excluding hydrogens is 295 g/mol. The summed E-state index contributed by atoms with van der Waals surface area (Å²) in [7, 11) is 0. The van der Waals surface area contributed by atoms with Crippen LogP contribution in [0.15, 0.2) is 29.3 Å². The van der Waals surface area contributed by atoms with Gasteiger partial charge in [0, 0.05) is 0 Å². The van der Waals surface area contributed by atoms with Gasteiger partial charge in [-0.05, 0) is 17.7 Å². The largest absolute Gasteiger partial charge is 0.490 e. The van der Waals surface area contributed by atoms with Gasteiger partial charge in [0.15, 0.2) is 5.96 Å². The van der Waals surface area contributed by atoms with Crippen molar-refractivity contribution in [1.82, 2.24) is 0 Å². The molecule has 0 saturated heterocycles. The van der Waals surface area contributed by atoms with E-state index in [1.165, 1.54) is 12.1 Å². The molecule has 0 bridgehead atoms. The highest BCUT2D eigenvalue weighted by Gasteiger charge is 2.38. The lowest BCUT2D eigenvalue weighted by atomic mass is 10.1. The van der Waals surface area contributed by atoms with Crippen molar-refractivity contribution in [2.24, 2.45) is 16.5 Å². The normalized spacial score (nSPS) is 10.0. The maximum atomic E-state index is 10.6. The van der Waals surface area contributed by atoms with Gasteiger partial charge in [-0.1, -0.05) is 12.1 Å².